The number of hydrogen-bond donors (Lipinski definition) is 1. The Morgan fingerprint density at radius 2 is 1.82 bits per heavy atom. The SMILES string of the molecule is Cc1ccc(C)c(C(O)CN(C)CC(C)C)c1. The van der Waals surface area contributed by atoms with Gasteiger partial charge in [0.25, 0.3) is 0 Å². The van der Waals surface area contributed by atoms with E-state index >= 15 is 0 Å². The lowest BCUT2D eigenvalue weighted by atomic mass is 10.0. The van der Waals surface area contributed by atoms with Crippen LogP contribution in [0.3, 0.4) is 0 Å². The van der Waals surface area contributed by atoms with Crippen molar-refractivity contribution in [1.29, 1.82) is 0 Å². The number of aliphatic hydroxyl groups excluding tert-OH is 1. The fourth-order valence-electron chi connectivity index (χ4n) is 2.21. The molecule has 0 bridgehead atoms. The number of benzene rings is 1. The van der Waals surface area contributed by atoms with Gasteiger partial charge in [0.05, 0.1) is 6.10 Å². The van der Waals surface area contributed by atoms with E-state index in [1.54, 1.807) is 0 Å². The smallest absolute Gasteiger partial charge is 0.0919 e. The second kappa shape index (κ2) is 6.18. The largest absolute Gasteiger partial charge is 0.387 e. The number of likely N-dealkylation sites (N-methyl/N-ethyl adjacent to an activating group) is 1. The molecule has 0 saturated heterocycles. The van der Waals surface area contributed by atoms with Crippen molar-refractivity contribution in [2.75, 3.05) is 20.1 Å². The normalized spacial score (nSPS) is 13.4. The van der Waals surface area contributed by atoms with Gasteiger partial charge in [-0.3, -0.25) is 0 Å². The third-order valence-electron chi connectivity index (χ3n) is 2.96. The molecular formula is C15H25NO. The first kappa shape index (κ1) is 14.2. The highest BCUT2D eigenvalue weighted by Crippen LogP contribution is 2.20. The standard InChI is InChI=1S/C15H25NO/c1-11(2)9-16(5)10-15(17)14-8-12(3)6-7-13(14)4/h6-8,11,15,17H,9-10H2,1-5H3. The van der Waals surface area contributed by atoms with Crippen LogP contribution in [-0.4, -0.2) is 30.1 Å². The monoisotopic (exact) mass is 235 g/mol. The van der Waals surface area contributed by atoms with Crippen molar-refractivity contribution in [1.82, 2.24) is 4.90 Å². The van der Waals surface area contributed by atoms with E-state index in [0.29, 0.717) is 12.5 Å². The van der Waals surface area contributed by atoms with Crippen LogP contribution in [0.5, 0.6) is 0 Å². The van der Waals surface area contributed by atoms with Gasteiger partial charge in [0.15, 0.2) is 0 Å². The van der Waals surface area contributed by atoms with Crippen molar-refractivity contribution in [2.24, 2.45) is 5.92 Å². The molecule has 0 fully saturated rings. The van der Waals surface area contributed by atoms with E-state index in [1.807, 2.05) is 0 Å². The summed E-state index contributed by atoms with van der Waals surface area (Å²) in [4.78, 5) is 2.19. The molecular weight excluding hydrogens is 210 g/mol. The van der Waals surface area contributed by atoms with Gasteiger partial charge < -0.3 is 10.0 Å². The second-order valence-electron chi connectivity index (χ2n) is 5.49. The zero-order valence-corrected chi connectivity index (χ0v) is 11.7. The molecule has 96 valence electrons. The average Bonchev–Trinajstić information content (AvgIpc) is 2.20. The highest BCUT2D eigenvalue weighted by Gasteiger charge is 2.13. The first-order chi connectivity index (χ1) is 7.90. The summed E-state index contributed by atoms with van der Waals surface area (Å²) in [6.45, 7) is 10.2. The van der Waals surface area contributed by atoms with Crippen molar-refractivity contribution in [2.45, 2.75) is 33.8 Å². The minimum atomic E-state index is -0.390. The Morgan fingerprint density at radius 3 is 2.41 bits per heavy atom. The number of aliphatic hydroxyl groups is 1. The highest BCUT2D eigenvalue weighted by molar-refractivity contribution is 5.32. The first-order valence-electron chi connectivity index (χ1n) is 6.34. The summed E-state index contributed by atoms with van der Waals surface area (Å²) in [5.74, 6) is 0.630. The van der Waals surface area contributed by atoms with Gasteiger partial charge in [0, 0.05) is 13.1 Å². The van der Waals surface area contributed by atoms with E-state index < -0.39 is 6.10 Å². The van der Waals surface area contributed by atoms with Crippen LogP contribution < -0.4 is 0 Å². The van der Waals surface area contributed by atoms with Gasteiger partial charge in [-0.05, 0) is 37.9 Å². The van der Waals surface area contributed by atoms with Crippen molar-refractivity contribution < 1.29 is 5.11 Å². The molecule has 0 amide bonds. The number of aryl methyl sites for hydroxylation is 2. The van der Waals surface area contributed by atoms with Crippen LogP contribution in [0.2, 0.25) is 0 Å². The van der Waals surface area contributed by atoms with Crippen LogP contribution in [0.1, 0.15) is 36.6 Å². The maximum Gasteiger partial charge on any atom is 0.0919 e. The van der Waals surface area contributed by atoms with Gasteiger partial charge in [-0.2, -0.15) is 0 Å². The minimum absolute atomic E-state index is 0.390. The Kier molecular flexibility index (Phi) is 5.16. The maximum absolute atomic E-state index is 10.3. The topological polar surface area (TPSA) is 23.5 Å². The molecule has 1 aromatic carbocycles. The van der Waals surface area contributed by atoms with E-state index in [4.69, 9.17) is 0 Å². The number of rotatable bonds is 5. The molecule has 0 saturated carbocycles. The molecule has 0 aliphatic rings. The highest BCUT2D eigenvalue weighted by atomic mass is 16.3. The Bertz CT molecular complexity index is 360. The summed E-state index contributed by atoms with van der Waals surface area (Å²) in [5.41, 5.74) is 3.43. The van der Waals surface area contributed by atoms with Crippen LogP contribution in [0.15, 0.2) is 18.2 Å². The summed E-state index contributed by atoms with van der Waals surface area (Å²) >= 11 is 0. The predicted molar refractivity (Wildman–Crippen MR) is 73.2 cm³/mol. The molecule has 2 heteroatoms. The predicted octanol–water partition coefficient (Wildman–Crippen LogP) is 2.92. The summed E-state index contributed by atoms with van der Waals surface area (Å²) in [6.07, 6.45) is -0.390. The fourth-order valence-corrected chi connectivity index (χ4v) is 2.21. The molecule has 0 radical (unpaired) electrons. The summed E-state index contributed by atoms with van der Waals surface area (Å²) in [5, 5.41) is 10.3. The Balaban J connectivity index is 2.69. The van der Waals surface area contributed by atoms with Gasteiger partial charge in [-0.25, -0.2) is 0 Å². The summed E-state index contributed by atoms with van der Waals surface area (Å²) in [6, 6.07) is 6.25. The Labute approximate surface area is 105 Å². The van der Waals surface area contributed by atoms with Crippen LogP contribution >= 0.6 is 0 Å². The minimum Gasteiger partial charge on any atom is -0.387 e. The quantitative estimate of drug-likeness (QED) is 0.848. The van der Waals surface area contributed by atoms with Gasteiger partial charge in [-0.15, -0.1) is 0 Å². The molecule has 2 nitrogen and oxygen atoms in total. The van der Waals surface area contributed by atoms with Crippen LogP contribution in [0, 0.1) is 19.8 Å². The van der Waals surface area contributed by atoms with Crippen LogP contribution in [0.25, 0.3) is 0 Å². The zero-order chi connectivity index (χ0) is 13.0. The van der Waals surface area contributed by atoms with Gasteiger partial charge >= 0.3 is 0 Å². The molecule has 1 atom stereocenters. The van der Waals surface area contributed by atoms with E-state index in [1.165, 1.54) is 11.1 Å². The molecule has 1 rings (SSSR count). The zero-order valence-electron chi connectivity index (χ0n) is 11.7. The third-order valence-corrected chi connectivity index (χ3v) is 2.96. The van der Waals surface area contributed by atoms with Crippen LogP contribution in [0.4, 0.5) is 0 Å². The summed E-state index contributed by atoms with van der Waals surface area (Å²) < 4.78 is 0. The lowest BCUT2D eigenvalue weighted by Crippen LogP contribution is -2.28. The lowest BCUT2D eigenvalue weighted by Gasteiger charge is -2.23. The van der Waals surface area contributed by atoms with Crippen molar-refractivity contribution in [3.05, 3.63) is 34.9 Å². The van der Waals surface area contributed by atoms with E-state index in [9.17, 15) is 5.11 Å². The van der Waals surface area contributed by atoms with Gasteiger partial charge in [0.1, 0.15) is 0 Å². The molecule has 0 aliphatic carbocycles. The molecule has 0 aromatic heterocycles. The van der Waals surface area contributed by atoms with Crippen molar-refractivity contribution >= 4 is 0 Å². The third kappa shape index (κ3) is 4.49. The molecule has 0 heterocycles. The Morgan fingerprint density at radius 1 is 1.18 bits per heavy atom. The fraction of sp³-hybridized carbons (Fsp3) is 0.600. The van der Waals surface area contributed by atoms with Crippen molar-refractivity contribution in [3.8, 4) is 0 Å². The Hall–Kier alpha value is -0.860. The molecule has 1 unspecified atom stereocenters. The molecule has 1 aromatic rings. The van der Waals surface area contributed by atoms with Gasteiger partial charge in [-0.1, -0.05) is 37.6 Å². The second-order valence-corrected chi connectivity index (χ2v) is 5.49. The number of hydrogen-bond acceptors (Lipinski definition) is 2. The first-order valence-corrected chi connectivity index (χ1v) is 6.34. The average molecular weight is 235 g/mol. The molecule has 0 spiro atoms. The molecule has 0 aliphatic heterocycles. The summed E-state index contributed by atoms with van der Waals surface area (Å²) in [7, 11) is 2.06. The maximum atomic E-state index is 10.3. The van der Waals surface area contributed by atoms with Crippen molar-refractivity contribution in [3.63, 3.8) is 0 Å². The lowest BCUT2D eigenvalue weighted by molar-refractivity contribution is 0.120. The van der Waals surface area contributed by atoms with Gasteiger partial charge in [0.2, 0.25) is 0 Å². The number of nitrogens with zero attached hydrogens (tertiary/aromatic N) is 1. The molecule has 1 N–H and O–H groups in total. The van der Waals surface area contributed by atoms with E-state index in [0.717, 1.165) is 12.1 Å². The van der Waals surface area contributed by atoms with Crippen LogP contribution in [-0.2, 0) is 0 Å². The molecule has 17 heavy (non-hydrogen) atoms. The van der Waals surface area contributed by atoms with E-state index in [2.05, 4.69) is 57.8 Å². The van der Waals surface area contributed by atoms with E-state index in [-0.39, 0.29) is 0 Å².